The highest BCUT2D eigenvalue weighted by molar-refractivity contribution is 6.30. The average molecular weight is 347 g/mol. The fourth-order valence-electron chi connectivity index (χ4n) is 2.87. The first-order valence-corrected chi connectivity index (χ1v) is 8.37. The molecular formula is C21H15ClN2O. The van der Waals surface area contributed by atoms with Gasteiger partial charge in [-0.05, 0) is 35.9 Å². The molecule has 0 amide bonds. The van der Waals surface area contributed by atoms with Crippen LogP contribution in [0.25, 0.3) is 22.3 Å². The van der Waals surface area contributed by atoms with Gasteiger partial charge in [0, 0.05) is 17.0 Å². The summed E-state index contributed by atoms with van der Waals surface area (Å²) < 4.78 is 0. The summed E-state index contributed by atoms with van der Waals surface area (Å²) in [6, 6.07) is 22.7. The summed E-state index contributed by atoms with van der Waals surface area (Å²) in [4.78, 5) is 9.61. The number of phenols is 1. The van der Waals surface area contributed by atoms with E-state index < -0.39 is 0 Å². The Kier molecular flexibility index (Phi) is 4.08. The second-order valence-corrected chi connectivity index (χ2v) is 6.26. The van der Waals surface area contributed by atoms with E-state index in [1.807, 2.05) is 66.7 Å². The molecule has 0 radical (unpaired) electrons. The van der Waals surface area contributed by atoms with Gasteiger partial charge in [0.15, 0.2) is 0 Å². The van der Waals surface area contributed by atoms with Crippen molar-refractivity contribution < 1.29 is 5.11 Å². The molecule has 0 atom stereocenters. The van der Waals surface area contributed by atoms with Crippen LogP contribution in [0.2, 0.25) is 5.02 Å². The van der Waals surface area contributed by atoms with E-state index in [9.17, 15) is 5.11 Å². The number of hydrogen-bond donors (Lipinski definition) is 1. The molecule has 1 N–H and O–H groups in total. The number of para-hydroxylation sites is 3. The highest BCUT2D eigenvalue weighted by Gasteiger charge is 2.13. The van der Waals surface area contributed by atoms with Crippen molar-refractivity contribution in [3.63, 3.8) is 0 Å². The smallest absolute Gasteiger partial charge is 0.119 e. The summed E-state index contributed by atoms with van der Waals surface area (Å²) in [5, 5.41) is 10.8. The number of fused-ring (bicyclic) bond motifs is 1. The van der Waals surface area contributed by atoms with Gasteiger partial charge in [-0.25, -0.2) is 9.97 Å². The Morgan fingerprint density at radius 3 is 2.28 bits per heavy atom. The van der Waals surface area contributed by atoms with Crippen LogP contribution in [0.15, 0.2) is 72.8 Å². The van der Waals surface area contributed by atoms with E-state index in [4.69, 9.17) is 21.6 Å². The molecule has 122 valence electrons. The summed E-state index contributed by atoms with van der Waals surface area (Å²) in [6.45, 7) is 0. The molecule has 0 spiro atoms. The van der Waals surface area contributed by atoms with Crippen LogP contribution in [0.4, 0.5) is 0 Å². The van der Waals surface area contributed by atoms with Crippen LogP contribution in [-0.4, -0.2) is 15.1 Å². The van der Waals surface area contributed by atoms with Crippen molar-refractivity contribution in [3.05, 3.63) is 89.1 Å². The maximum Gasteiger partial charge on any atom is 0.119 e. The first-order valence-electron chi connectivity index (χ1n) is 7.99. The van der Waals surface area contributed by atoms with Crippen LogP contribution in [0.5, 0.6) is 5.75 Å². The Morgan fingerprint density at radius 1 is 0.800 bits per heavy atom. The SMILES string of the molecule is Oc1ccccc1Cc1nc2ccccc2nc1-c1cccc(Cl)c1. The standard InChI is InChI=1S/C21H15ClN2O/c22-16-8-5-7-15(12-16)21-19(13-14-6-1-4-11-20(14)25)23-17-9-2-3-10-18(17)24-21/h1-12,25H,13H2. The van der Waals surface area contributed by atoms with Crippen molar-refractivity contribution >= 4 is 22.6 Å². The highest BCUT2D eigenvalue weighted by atomic mass is 35.5. The van der Waals surface area contributed by atoms with E-state index in [1.54, 1.807) is 6.07 Å². The summed E-state index contributed by atoms with van der Waals surface area (Å²) in [5.41, 5.74) is 4.98. The number of aromatic nitrogens is 2. The van der Waals surface area contributed by atoms with E-state index in [-0.39, 0.29) is 5.75 Å². The molecule has 1 aromatic heterocycles. The lowest BCUT2D eigenvalue weighted by Gasteiger charge is -2.11. The van der Waals surface area contributed by atoms with Gasteiger partial charge in [0.2, 0.25) is 0 Å². The van der Waals surface area contributed by atoms with Crippen molar-refractivity contribution in [1.29, 1.82) is 0 Å². The highest BCUT2D eigenvalue weighted by Crippen LogP contribution is 2.29. The molecule has 0 bridgehead atoms. The third-order valence-corrected chi connectivity index (χ3v) is 4.33. The van der Waals surface area contributed by atoms with E-state index in [0.717, 1.165) is 33.5 Å². The average Bonchev–Trinajstić information content (AvgIpc) is 2.63. The van der Waals surface area contributed by atoms with Crippen molar-refractivity contribution in [3.8, 4) is 17.0 Å². The van der Waals surface area contributed by atoms with Crippen LogP contribution < -0.4 is 0 Å². The third kappa shape index (κ3) is 3.19. The van der Waals surface area contributed by atoms with E-state index in [1.165, 1.54) is 0 Å². The summed E-state index contributed by atoms with van der Waals surface area (Å²) >= 11 is 6.16. The maximum atomic E-state index is 10.1. The van der Waals surface area contributed by atoms with Crippen molar-refractivity contribution in [2.75, 3.05) is 0 Å². The molecule has 0 unspecified atom stereocenters. The number of hydrogen-bond acceptors (Lipinski definition) is 3. The summed E-state index contributed by atoms with van der Waals surface area (Å²) in [5.74, 6) is 0.259. The largest absolute Gasteiger partial charge is 0.508 e. The second kappa shape index (κ2) is 6.54. The van der Waals surface area contributed by atoms with Crippen molar-refractivity contribution in [1.82, 2.24) is 9.97 Å². The minimum Gasteiger partial charge on any atom is -0.508 e. The lowest BCUT2D eigenvalue weighted by molar-refractivity contribution is 0.469. The van der Waals surface area contributed by atoms with E-state index in [2.05, 4.69) is 0 Å². The number of rotatable bonds is 3. The predicted octanol–water partition coefficient (Wildman–Crippen LogP) is 5.25. The quantitative estimate of drug-likeness (QED) is 0.551. The zero-order valence-electron chi connectivity index (χ0n) is 13.4. The van der Waals surface area contributed by atoms with Gasteiger partial charge >= 0.3 is 0 Å². The minimum absolute atomic E-state index is 0.259. The number of nitrogens with zero attached hydrogens (tertiary/aromatic N) is 2. The lowest BCUT2D eigenvalue weighted by atomic mass is 10.0. The monoisotopic (exact) mass is 346 g/mol. The van der Waals surface area contributed by atoms with Gasteiger partial charge in [-0.3, -0.25) is 0 Å². The Morgan fingerprint density at radius 2 is 1.52 bits per heavy atom. The van der Waals surface area contributed by atoms with Gasteiger partial charge in [-0.2, -0.15) is 0 Å². The Hall–Kier alpha value is -2.91. The molecular weight excluding hydrogens is 332 g/mol. The summed E-state index contributed by atoms with van der Waals surface area (Å²) in [6.07, 6.45) is 0.492. The van der Waals surface area contributed by atoms with Crippen LogP contribution in [-0.2, 0) is 6.42 Å². The second-order valence-electron chi connectivity index (χ2n) is 5.82. The molecule has 0 saturated carbocycles. The van der Waals surface area contributed by atoms with Gasteiger partial charge in [-0.15, -0.1) is 0 Å². The molecule has 0 fully saturated rings. The van der Waals surface area contributed by atoms with Gasteiger partial charge in [0.05, 0.1) is 22.4 Å². The normalized spacial score (nSPS) is 10.9. The van der Waals surface area contributed by atoms with Gasteiger partial charge in [0.25, 0.3) is 0 Å². The Labute approximate surface area is 150 Å². The lowest BCUT2D eigenvalue weighted by Crippen LogP contribution is -2.00. The Bertz CT molecular complexity index is 1060. The maximum absolute atomic E-state index is 10.1. The molecule has 0 saturated heterocycles. The molecule has 4 rings (SSSR count). The predicted molar refractivity (Wildman–Crippen MR) is 101 cm³/mol. The minimum atomic E-state index is 0.259. The molecule has 3 aromatic carbocycles. The Balaban J connectivity index is 1.91. The number of phenolic OH excluding ortho intramolecular Hbond substituents is 1. The zero-order chi connectivity index (χ0) is 17.2. The van der Waals surface area contributed by atoms with Crippen LogP contribution in [0.1, 0.15) is 11.3 Å². The first-order chi connectivity index (χ1) is 12.2. The zero-order valence-corrected chi connectivity index (χ0v) is 14.1. The van der Waals surface area contributed by atoms with Crippen molar-refractivity contribution in [2.24, 2.45) is 0 Å². The molecule has 1 heterocycles. The molecule has 0 aliphatic heterocycles. The summed E-state index contributed by atoms with van der Waals surface area (Å²) in [7, 11) is 0. The number of benzene rings is 3. The number of halogens is 1. The van der Waals surface area contributed by atoms with Gasteiger partial charge in [0.1, 0.15) is 5.75 Å². The van der Waals surface area contributed by atoms with E-state index >= 15 is 0 Å². The fraction of sp³-hybridized carbons (Fsp3) is 0.0476. The molecule has 0 aliphatic carbocycles. The molecule has 4 heteroatoms. The molecule has 25 heavy (non-hydrogen) atoms. The molecule has 4 aromatic rings. The molecule has 3 nitrogen and oxygen atoms in total. The van der Waals surface area contributed by atoms with Gasteiger partial charge in [-0.1, -0.05) is 54.1 Å². The van der Waals surface area contributed by atoms with Crippen LogP contribution in [0.3, 0.4) is 0 Å². The number of aromatic hydroxyl groups is 1. The van der Waals surface area contributed by atoms with Crippen LogP contribution >= 0.6 is 11.6 Å². The van der Waals surface area contributed by atoms with E-state index in [0.29, 0.717) is 11.4 Å². The van der Waals surface area contributed by atoms with Gasteiger partial charge < -0.3 is 5.11 Å². The third-order valence-electron chi connectivity index (χ3n) is 4.09. The topological polar surface area (TPSA) is 46.0 Å². The fourth-order valence-corrected chi connectivity index (χ4v) is 3.06. The first kappa shape index (κ1) is 15.6. The molecule has 0 aliphatic rings. The van der Waals surface area contributed by atoms with Crippen molar-refractivity contribution in [2.45, 2.75) is 6.42 Å². The van der Waals surface area contributed by atoms with Crippen LogP contribution in [0, 0.1) is 0 Å².